The highest BCUT2D eigenvalue weighted by atomic mass is 16.7. The zero-order chi connectivity index (χ0) is 43.0. The van der Waals surface area contributed by atoms with Crippen LogP contribution in [0.1, 0.15) is 232 Å². The van der Waals surface area contributed by atoms with Gasteiger partial charge in [-0.15, -0.1) is 0 Å². The Morgan fingerprint density at radius 3 is 1.42 bits per heavy atom. The number of hydrogen-bond acceptors (Lipinski definition) is 8. The third-order valence-electron chi connectivity index (χ3n) is 12.0. The van der Waals surface area contributed by atoms with Crippen molar-refractivity contribution in [2.75, 3.05) is 13.2 Å². The molecule has 1 aliphatic rings. The van der Waals surface area contributed by atoms with E-state index in [1.165, 1.54) is 173 Å². The summed E-state index contributed by atoms with van der Waals surface area (Å²) in [5.41, 5.74) is 0. The van der Waals surface area contributed by atoms with E-state index in [-0.39, 0.29) is 12.5 Å². The van der Waals surface area contributed by atoms with Gasteiger partial charge in [-0.05, 0) is 32.1 Å². The van der Waals surface area contributed by atoms with Gasteiger partial charge in [0, 0.05) is 6.42 Å². The molecular weight excluding hydrogens is 743 g/mol. The molecule has 0 saturated carbocycles. The van der Waals surface area contributed by atoms with Gasteiger partial charge < -0.3 is 40.3 Å². The zero-order valence-corrected chi connectivity index (χ0v) is 38.3. The fourth-order valence-electron chi connectivity index (χ4n) is 8.00. The van der Waals surface area contributed by atoms with E-state index in [2.05, 4.69) is 31.3 Å². The largest absolute Gasteiger partial charge is 0.394 e. The first-order valence-corrected chi connectivity index (χ1v) is 25.1. The van der Waals surface area contributed by atoms with E-state index in [9.17, 15) is 30.3 Å². The number of unbranched alkanes of at least 4 members (excludes halogenated alkanes) is 30. The third-order valence-corrected chi connectivity index (χ3v) is 12.0. The van der Waals surface area contributed by atoms with Gasteiger partial charge in [0.1, 0.15) is 24.4 Å². The molecule has 1 heterocycles. The zero-order valence-electron chi connectivity index (χ0n) is 38.3. The minimum atomic E-state index is -1.57. The summed E-state index contributed by atoms with van der Waals surface area (Å²) in [5, 5.41) is 53.6. The molecule has 0 aromatic carbocycles. The second-order valence-corrected chi connectivity index (χ2v) is 17.6. The van der Waals surface area contributed by atoms with Crippen molar-refractivity contribution in [1.29, 1.82) is 0 Å². The summed E-state index contributed by atoms with van der Waals surface area (Å²) in [5.74, 6) is -0.211. The number of rotatable bonds is 42. The molecule has 0 aromatic heterocycles. The quantitative estimate of drug-likeness (QED) is 0.0263. The molecule has 9 nitrogen and oxygen atoms in total. The molecule has 1 aliphatic heterocycles. The Kier molecular flexibility index (Phi) is 38.4. The molecule has 7 atom stereocenters. The number of ether oxygens (including phenoxy) is 2. The number of carbonyl (C=O) groups is 1. The summed E-state index contributed by atoms with van der Waals surface area (Å²) < 4.78 is 11.1. The second-order valence-electron chi connectivity index (χ2n) is 17.6. The maximum atomic E-state index is 12.6. The predicted molar refractivity (Wildman–Crippen MR) is 244 cm³/mol. The molecule has 0 aliphatic carbocycles. The first-order chi connectivity index (χ1) is 28.8. The number of carbonyl (C=O) groups excluding carboxylic acids is 1. The molecule has 348 valence electrons. The average molecular weight is 838 g/mol. The van der Waals surface area contributed by atoms with E-state index < -0.39 is 49.5 Å². The van der Waals surface area contributed by atoms with Gasteiger partial charge in [0.2, 0.25) is 5.91 Å². The molecule has 1 saturated heterocycles. The van der Waals surface area contributed by atoms with Crippen molar-refractivity contribution in [3.63, 3.8) is 0 Å². The molecule has 1 amide bonds. The van der Waals surface area contributed by atoms with Crippen LogP contribution in [0.2, 0.25) is 0 Å². The molecule has 0 aromatic rings. The van der Waals surface area contributed by atoms with Crippen LogP contribution in [0.5, 0.6) is 0 Å². The molecule has 0 bridgehead atoms. The summed E-state index contributed by atoms with van der Waals surface area (Å²) in [6.07, 6.45) is 43.7. The highest BCUT2D eigenvalue weighted by Gasteiger charge is 2.44. The normalized spacial score (nSPS) is 20.8. The Labute approximate surface area is 362 Å². The predicted octanol–water partition coefficient (Wildman–Crippen LogP) is 11.1. The standard InChI is InChI=1S/C50H95NO8/c1-3-5-7-8-9-10-11-12-13-14-15-16-17-18-19-20-21-22-23-24-25-26-27-28-29-30-31-32-33-34-35-36-38-39-44(53)43(51-46(54)40-37-6-4-2)42-58-50-49(57)48(56)47(55)45(41-52)59-50/h33-34,38-39,43-45,47-50,52-53,55-57H,3-32,35-37,40-42H2,1-2H3,(H,51,54)/b34-33+,39-38+. The highest BCUT2D eigenvalue weighted by molar-refractivity contribution is 5.76. The molecule has 0 radical (unpaired) electrons. The van der Waals surface area contributed by atoms with Crippen molar-refractivity contribution in [2.45, 2.75) is 275 Å². The number of aliphatic hydroxyl groups is 5. The molecule has 0 spiro atoms. The van der Waals surface area contributed by atoms with Crippen LogP contribution in [0.25, 0.3) is 0 Å². The van der Waals surface area contributed by atoms with Crippen LogP contribution in [-0.2, 0) is 14.3 Å². The summed E-state index contributed by atoms with van der Waals surface area (Å²) in [7, 11) is 0. The van der Waals surface area contributed by atoms with Gasteiger partial charge in [-0.2, -0.15) is 0 Å². The molecule has 1 rings (SSSR count). The SMILES string of the molecule is CCCCCCCCCCCCCCCCCCCCCCCCCCCCC/C=C/CC/C=C/C(O)C(COC1OC(CO)C(O)C(O)C1O)NC(=O)CCCCC. The number of aliphatic hydroxyl groups excluding tert-OH is 5. The summed E-state index contributed by atoms with van der Waals surface area (Å²) >= 11 is 0. The van der Waals surface area contributed by atoms with Gasteiger partial charge in [0.05, 0.1) is 25.4 Å². The van der Waals surface area contributed by atoms with E-state index >= 15 is 0 Å². The van der Waals surface area contributed by atoms with Crippen LogP contribution < -0.4 is 5.32 Å². The van der Waals surface area contributed by atoms with E-state index in [1.54, 1.807) is 6.08 Å². The van der Waals surface area contributed by atoms with Gasteiger partial charge in [-0.3, -0.25) is 4.79 Å². The Balaban J connectivity index is 2.02. The molecule has 59 heavy (non-hydrogen) atoms. The molecule has 1 fully saturated rings. The Morgan fingerprint density at radius 1 is 0.559 bits per heavy atom. The van der Waals surface area contributed by atoms with Gasteiger partial charge in [0.15, 0.2) is 6.29 Å². The minimum Gasteiger partial charge on any atom is -0.394 e. The summed E-state index contributed by atoms with van der Waals surface area (Å²) in [6, 6.07) is -0.813. The topological polar surface area (TPSA) is 149 Å². The smallest absolute Gasteiger partial charge is 0.220 e. The third kappa shape index (κ3) is 31.2. The van der Waals surface area contributed by atoms with Crippen molar-refractivity contribution in [3.8, 4) is 0 Å². The van der Waals surface area contributed by atoms with Crippen molar-refractivity contribution in [2.24, 2.45) is 0 Å². The average Bonchev–Trinajstić information content (AvgIpc) is 3.23. The molecule has 6 N–H and O–H groups in total. The van der Waals surface area contributed by atoms with Gasteiger partial charge in [-0.25, -0.2) is 0 Å². The maximum absolute atomic E-state index is 12.6. The van der Waals surface area contributed by atoms with Crippen LogP contribution in [-0.4, -0.2) is 87.5 Å². The van der Waals surface area contributed by atoms with E-state index in [4.69, 9.17) is 9.47 Å². The van der Waals surface area contributed by atoms with E-state index in [0.717, 1.165) is 38.5 Å². The summed E-state index contributed by atoms with van der Waals surface area (Å²) in [6.45, 7) is 3.59. The lowest BCUT2D eigenvalue weighted by molar-refractivity contribution is -0.302. The van der Waals surface area contributed by atoms with Crippen molar-refractivity contribution in [1.82, 2.24) is 5.32 Å². The highest BCUT2D eigenvalue weighted by Crippen LogP contribution is 2.23. The van der Waals surface area contributed by atoms with Crippen LogP contribution in [0.4, 0.5) is 0 Å². The van der Waals surface area contributed by atoms with Crippen LogP contribution in [0.3, 0.4) is 0 Å². The number of amides is 1. The summed E-state index contributed by atoms with van der Waals surface area (Å²) in [4.78, 5) is 12.6. The van der Waals surface area contributed by atoms with Gasteiger partial charge >= 0.3 is 0 Å². The number of hydrogen-bond donors (Lipinski definition) is 6. The van der Waals surface area contributed by atoms with Gasteiger partial charge in [0.25, 0.3) is 0 Å². The minimum absolute atomic E-state index is 0.201. The van der Waals surface area contributed by atoms with E-state index in [0.29, 0.717) is 6.42 Å². The first kappa shape index (κ1) is 55.7. The lowest BCUT2D eigenvalue weighted by Crippen LogP contribution is -2.60. The molecule has 9 heteroatoms. The van der Waals surface area contributed by atoms with Crippen molar-refractivity contribution in [3.05, 3.63) is 24.3 Å². The molecular formula is C50H95NO8. The lowest BCUT2D eigenvalue weighted by atomic mass is 9.99. The van der Waals surface area contributed by atoms with Crippen LogP contribution in [0, 0.1) is 0 Å². The Morgan fingerprint density at radius 2 is 0.966 bits per heavy atom. The molecule has 7 unspecified atom stereocenters. The Bertz CT molecular complexity index is 977. The fraction of sp³-hybridized carbons (Fsp3) is 0.900. The van der Waals surface area contributed by atoms with Crippen molar-refractivity contribution >= 4 is 5.91 Å². The fourth-order valence-corrected chi connectivity index (χ4v) is 8.00. The second kappa shape index (κ2) is 40.7. The lowest BCUT2D eigenvalue weighted by Gasteiger charge is -2.40. The Hall–Kier alpha value is -1.33. The van der Waals surface area contributed by atoms with Crippen LogP contribution >= 0.6 is 0 Å². The first-order valence-electron chi connectivity index (χ1n) is 25.1. The monoisotopic (exact) mass is 838 g/mol. The number of allylic oxidation sites excluding steroid dienone is 3. The maximum Gasteiger partial charge on any atom is 0.220 e. The van der Waals surface area contributed by atoms with Gasteiger partial charge in [-0.1, -0.05) is 218 Å². The van der Waals surface area contributed by atoms with Crippen molar-refractivity contribution < 1.29 is 39.8 Å². The van der Waals surface area contributed by atoms with E-state index in [1.807, 2.05) is 6.08 Å². The number of nitrogens with one attached hydrogen (secondary N) is 1. The van der Waals surface area contributed by atoms with Crippen LogP contribution in [0.15, 0.2) is 24.3 Å².